The van der Waals surface area contributed by atoms with Gasteiger partial charge in [-0.2, -0.15) is 4.31 Å². The average molecular weight is 447 g/mol. The highest BCUT2D eigenvalue weighted by molar-refractivity contribution is 7.89. The van der Waals surface area contributed by atoms with Crippen molar-refractivity contribution in [2.45, 2.75) is 30.8 Å². The summed E-state index contributed by atoms with van der Waals surface area (Å²) in [6, 6.07) is 20.0. The lowest BCUT2D eigenvalue weighted by Gasteiger charge is -2.34. The average Bonchev–Trinajstić information content (AvgIpc) is 3.31. The number of rotatable bonds is 3. The van der Waals surface area contributed by atoms with Crippen LogP contribution in [0.3, 0.4) is 0 Å². The minimum Gasteiger partial charge on any atom is -0.366 e. The Bertz CT molecular complexity index is 1430. The molecule has 0 saturated heterocycles. The minimum absolute atomic E-state index is 0.190. The summed E-state index contributed by atoms with van der Waals surface area (Å²) in [7, 11) is -3.83. The lowest BCUT2D eigenvalue weighted by atomic mass is 9.99. The first-order valence-electron chi connectivity index (χ1n) is 10.8. The maximum atomic E-state index is 14.0. The third-order valence-electron chi connectivity index (χ3n) is 6.53. The quantitative estimate of drug-likeness (QED) is 0.479. The fourth-order valence-electron chi connectivity index (χ4n) is 4.83. The van der Waals surface area contributed by atoms with Gasteiger partial charge in [0, 0.05) is 26.2 Å². The Kier molecular flexibility index (Phi) is 4.51. The van der Waals surface area contributed by atoms with Crippen molar-refractivity contribution in [3.05, 3.63) is 82.9 Å². The predicted octanol–water partition coefficient (Wildman–Crippen LogP) is 3.53. The fraction of sp³-hybridized carbons (Fsp3) is 0.250. The number of anilines is 1. The largest absolute Gasteiger partial charge is 0.366 e. The number of benzene rings is 3. The molecule has 4 aromatic rings. The molecule has 0 saturated carbocycles. The highest BCUT2D eigenvalue weighted by Gasteiger charge is 2.35. The second kappa shape index (κ2) is 7.43. The van der Waals surface area contributed by atoms with E-state index in [1.54, 1.807) is 10.4 Å². The molecule has 2 aliphatic rings. The molecule has 6 rings (SSSR count). The molecule has 0 bridgehead atoms. The topological polar surface area (TPSA) is 79.5 Å². The summed E-state index contributed by atoms with van der Waals surface area (Å²) in [5.74, 6) is 0. The van der Waals surface area contributed by atoms with Crippen molar-refractivity contribution in [2.24, 2.45) is 0 Å². The van der Waals surface area contributed by atoms with Gasteiger partial charge in [0.25, 0.3) is 0 Å². The first-order valence-corrected chi connectivity index (χ1v) is 12.2. The zero-order chi connectivity index (χ0) is 21.7. The van der Waals surface area contributed by atoms with Gasteiger partial charge < -0.3 is 4.90 Å². The zero-order valence-corrected chi connectivity index (χ0v) is 18.3. The Morgan fingerprint density at radius 1 is 0.750 bits per heavy atom. The van der Waals surface area contributed by atoms with Crippen LogP contribution in [0, 0.1) is 0 Å². The summed E-state index contributed by atoms with van der Waals surface area (Å²) in [5.41, 5.74) is 6.16. The van der Waals surface area contributed by atoms with Gasteiger partial charge in [0.1, 0.15) is 10.4 Å². The number of nitrogens with zero attached hydrogens (tertiary/aromatic N) is 4. The molecular formula is C24H22N4O3S. The second-order valence-electron chi connectivity index (χ2n) is 8.34. The molecule has 0 radical (unpaired) electrons. The van der Waals surface area contributed by atoms with Crippen LogP contribution in [0.2, 0.25) is 0 Å². The molecule has 0 aliphatic carbocycles. The van der Waals surface area contributed by atoms with Crippen LogP contribution in [-0.2, 0) is 36.0 Å². The minimum atomic E-state index is -3.83. The number of hydrogen-bond acceptors (Lipinski definition) is 6. The van der Waals surface area contributed by atoms with Crippen molar-refractivity contribution >= 4 is 26.7 Å². The summed E-state index contributed by atoms with van der Waals surface area (Å²) in [6.07, 6.45) is 1.55. The van der Waals surface area contributed by atoms with Gasteiger partial charge in [-0.25, -0.2) is 13.0 Å². The molecular weight excluding hydrogens is 424 g/mol. The summed E-state index contributed by atoms with van der Waals surface area (Å²) < 4.78 is 34.5. The third kappa shape index (κ3) is 3.10. The molecule has 0 amide bonds. The van der Waals surface area contributed by atoms with Crippen LogP contribution in [0.25, 0.3) is 11.0 Å². The van der Waals surface area contributed by atoms with E-state index in [0.717, 1.165) is 18.5 Å². The van der Waals surface area contributed by atoms with Gasteiger partial charge in [0.15, 0.2) is 5.52 Å². The second-order valence-corrected chi connectivity index (χ2v) is 10.2. The number of hydrogen-bond donors (Lipinski definition) is 0. The Morgan fingerprint density at radius 3 is 2.16 bits per heavy atom. The zero-order valence-electron chi connectivity index (χ0n) is 17.4. The standard InChI is InChI=1S/C24H22N4O3S/c29-32(30,28-14-12-18-6-2-4-8-20(18)16-28)24-22(10-9-21-23(24)26-31-25-21)27-13-11-17-5-1-3-7-19(17)15-27/h1-10H,11-16H2. The van der Waals surface area contributed by atoms with Crippen LogP contribution in [0.15, 0.2) is 70.2 Å². The van der Waals surface area contributed by atoms with E-state index < -0.39 is 10.0 Å². The Morgan fingerprint density at radius 2 is 1.41 bits per heavy atom. The van der Waals surface area contributed by atoms with Crippen molar-refractivity contribution in [3.8, 4) is 0 Å². The lowest BCUT2D eigenvalue weighted by molar-refractivity contribution is 0.315. The molecule has 0 atom stereocenters. The van der Waals surface area contributed by atoms with Crippen LogP contribution in [0.4, 0.5) is 5.69 Å². The van der Waals surface area contributed by atoms with Gasteiger partial charge in [0.2, 0.25) is 10.0 Å². The Hall–Kier alpha value is -3.23. The van der Waals surface area contributed by atoms with E-state index >= 15 is 0 Å². The van der Waals surface area contributed by atoms with Gasteiger partial charge in [-0.05, 0) is 57.5 Å². The van der Waals surface area contributed by atoms with Crippen molar-refractivity contribution in [1.82, 2.24) is 14.6 Å². The van der Waals surface area contributed by atoms with Gasteiger partial charge in [0.05, 0.1) is 5.69 Å². The Labute approximate surface area is 186 Å². The van der Waals surface area contributed by atoms with Crippen LogP contribution >= 0.6 is 0 Å². The highest BCUT2D eigenvalue weighted by Crippen LogP contribution is 2.37. The monoisotopic (exact) mass is 446 g/mol. The normalized spacial score (nSPS) is 16.7. The van der Waals surface area contributed by atoms with Crippen molar-refractivity contribution < 1.29 is 13.0 Å². The van der Waals surface area contributed by atoms with Crippen molar-refractivity contribution in [3.63, 3.8) is 0 Å². The number of sulfonamides is 1. The van der Waals surface area contributed by atoms with E-state index in [0.29, 0.717) is 42.8 Å². The van der Waals surface area contributed by atoms with Crippen LogP contribution in [0.5, 0.6) is 0 Å². The van der Waals surface area contributed by atoms with E-state index in [1.807, 2.05) is 36.4 Å². The van der Waals surface area contributed by atoms with E-state index in [9.17, 15) is 8.42 Å². The van der Waals surface area contributed by atoms with E-state index in [4.69, 9.17) is 4.63 Å². The van der Waals surface area contributed by atoms with E-state index in [-0.39, 0.29) is 4.90 Å². The molecule has 0 unspecified atom stereocenters. The first-order chi connectivity index (χ1) is 15.6. The molecule has 7 nitrogen and oxygen atoms in total. The summed E-state index contributed by atoms with van der Waals surface area (Å²) in [5, 5.41) is 7.91. The fourth-order valence-corrected chi connectivity index (χ4v) is 6.57. The molecule has 32 heavy (non-hydrogen) atoms. The van der Waals surface area contributed by atoms with E-state index in [1.165, 1.54) is 16.7 Å². The highest BCUT2D eigenvalue weighted by atomic mass is 32.2. The maximum Gasteiger partial charge on any atom is 0.247 e. The molecule has 0 fully saturated rings. The SMILES string of the molecule is O=S(=O)(c1c(N2CCc3ccccc3C2)ccc2nonc12)N1CCc2ccccc2C1. The van der Waals surface area contributed by atoms with Gasteiger partial charge in [-0.3, -0.25) is 0 Å². The molecule has 2 aliphatic heterocycles. The smallest absolute Gasteiger partial charge is 0.247 e. The van der Waals surface area contributed by atoms with Gasteiger partial charge >= 0.3 is 0 Å². The number of fused-ring (bicyclic) bond motifs is 3. The third-order valence-corrected chi connectivity index (χ3v) is 8.44. The molecule has 1 aromatic heterocycles. The van der Waals surface area contributed by atoms with Crippen LogP contribution in [0.1, 0.15) is 22.3 Å². The predicted molar refractivity (Wildman–Crippen MR) is 121 cm³/mol. The molecule has 8 heteroatoms. The number of aromatic nitrogens is 2. The molecule has 3 heterocycles. The van der Waals surface area contributed by atoms with Gasteiger partial charge in [-0.15, -0.1) is 0 Å². The van der Waals surface area contributed by atoms with Crippen LogP contribution in [-0.4, -0.2) is 36.1 Å². The molecule has 3 aromatic carbocycles. The van der Waals surface area contributed by atoms with E-state index in [2.05, 4.69) is 33.4 Å². The van der Waals surface area contributed by atoms with Crippen LogP contribution < -0.4 is 4.90 Å². The summed E-state index contributed by atoms with van der Waals surface area (Å²) >= 11 is 0. The summed E-state index contributed by atoms with van der Waals surface area (Å²) in [4.78, 5) is 2.32. The maximum absolute atomic E-state index is 14.0. The first kappa shape index (κ1) is 19.5. The Balaban J connectivity index is 1.45. The van der Waals surface area contributed by atoms with Crippen molar-refractivity contribution in [2.75, 3.05) is 18.0 Å². The molecule has 162 valence electrons. The van der Waals surface area contributed by atoms with Gasteiger partial charge in [-0.1, -0.05) is 48.5 Å². The molecule has 0 N–H and O–H groups in total. The summed E-state index contributed by atoms with van der Waals surface area (Å²) in [6.45, 7) is 2.17. The lowest BCUT2D eigenvalue weighted by Crippen LogP contribution is -2.38. The van der Waals surface area contributed by atoms with Crippen molar-refractivity contribution in [1.29, 1.82) is 0 Å². The molecule has 0 spiro atoms.